The number of ether oxygens (including phenoxy) is 1. The van der Waals surface area contributed by atoms with E-state index in [4.69, 9.17) is 0 Å². The summed E-state index contributed by atoms with van der Waals surface area (Å²) in [5.74, 6) is -0.259. The molecule has 5 nitrogen and oxygen atoms in total. The second kappa shape index (κ2) is 6.44. The van der Waals surface area contributed by atoms with Gasteiger partial charge in [-0.05, 0) is 14.1 Å². The van der Waals surface area contributed by atoms with Crippen LogP contribution in [0.25, 0.3) is 0 Å². The lowest BCUT2D eigenvalue weighted by atomic mass is 10.3. The van der Waals surface area contributed by atoms with Crippen LogP contribution in [0.5, 0.6) is 0 Å². The lowest BCUT2D eigenvalue weighted by molar-refractivity contribution is -0.139. The molecule has 1 aromatic heterocycles. The van der Waals surface area contributed by atoms with Crippen molar-refractivity contribution in [1.29, 1.82) is 0 Å². The van der Waals surface area contributed by atoms with Gasteiger partial charge in [0.25, 0.3) is 0 Å². The first-order chi connectivity index (χ1) is 7.61. The summed E-state index contributed by atoms with van der Waals surface area (Å²) in [5, 5.41) is 5.92. The standard InChI is InChI=1S/C10H17N3O2S/c1-13(2)5-4-11-10-12-8(7-16-10)6-9(14)15-3/h7H,4-6H2,1-3H3,(H,11,12). The van der Waals surface area contributed by atoms with Crippen molar-refractivity contribution in [2.24, 2.45) is 0 Å². The fourth-order valence-corrected chi connectivity index (χ4v) is 1.81. The van der Waals surface area contributed by atoms with Crippen molar-refractivity contribution < 1.29 is 9.53 Å². The monoisotopic (exact) mass is 243 g/mol. The molecule has 1 heterocycles. The molecule has 0 spiro atoms. The largest absolute Gasteiger partial charge is 0.469 e. The molecule has 0 aliphatic rings. The molecule has 90 valence electrons. The normalized spacial score (nSPS) is 10.5. The quantitative estimate of drug-likeness (QED) is 0.750. The Morgan fingerprint density at radius 1 is 1.62 bits per heavy atom. The number of anilines is 1. The molecule has 1 rings (SSSR count). The molecule has 1 N–H and O–H groups in total. The van der Waals surface area contributed by atoms with Crippen LogP contribution in [0.4, 0.5) is 5.13 Å². The molecule has 0 fully saturated rings. The first kappa shape index (κ1) is 12.9. The molecule has 0 amide bonds. The Balaban J connectivity index is 2.36. The van der Waals surface area contributed by atoms with Gasteiger partial charge in [-0.2, -0.15) is 0 Å². The maximum atomic E-state index is 11.0. The highest BCUT2D eigenvalue weighted by atomic mass is 32.1. The van der Waals surface area contributed by atoms with Crippen molar-refractivity contribution in [1.82, 2.24) is 9.88 Å². The zero-order valence-electron chi connectivity index (χ0n) is 9.82. The van der Waals surface area contributed by atoms with E-state index in [2.05, 4.69) is 19.9 Å². The molecule has 0 bridgehead atoms. The summed E-state index contributed by atoms with van der Waals surface area (Å²) in [7, 11) is 5.42. The van der Waals surface area contributed by atoms with E-state index in [-0.39, 0.29) is 12.4 Å². The van der Waals surface area contributed by atoms with Gasteiger partial charge in [0.05, 0.1) is 19.2 Å². The van der Waals surface area contributed by atoms with Crippen LogP contribution in [-0.2, 0) is 16.0 Å². The van der Waals surface area contributed by atoms with E-state index in [1.54, 1.807) is 0 Å². The van der Waals surface area contributed by atoms with Gasteiger partial charge in [0.2, 0.25) is 0 Å². The number of esters is 1. The molecule has 0 aliphatic heterocycles. The second-order valence-electron chi connectivity index (χ2n) is 3.63. The second-order valence-corrected chi connectivity index (χ2v) is 4.49. The van der Waals surface area contributed by atoms with E-state index in [0.717, 1.165) is 23.9 Å². The van der Waals surface area contributed by atoms with Crippen LogP contribution in [0.15, 0.2) is 5.38 Å². The van der Waals surface area contributed by atoms with Crippen LogP contribution in [0.1, 0.15) is 5.69 Å². The number of likely N-dealkylation sites (N-methyl/N-ethyl adjacent to an activating group) is 1. The van der Waals surface area contributed by atoms with Gasteiger partial charge in [0.15, 0.2) is 5.13 Å². The highest BCUT2D eigenvalue weighted by Crippen LogP contribution is 2.15. The van der Waals surface area contributed by atoms with Crippen molar-refractivity contribution in [3.8, 4) is 0 Å². The zero-order valence-corrected chi connectivity index (χ0v) is 10.6. The molecule has 1 aromatic rings. The third kappa shape index (κ3) is 4.59. The SMILES string of the molecule is COC(=O)Cc1csc(NCCN(C)C)n1. The minimum atomic E-state index is -0.259. The summed E-state index contributed by atoms with van der Waals surface area (Å²) < 4.78 is 4.57. The number of hydrogen-bond acceptors (Lipinski definition) is 6. The van der Waals surface area contributed by atoms with Crippen LogP contribution in [0, 0.1) is 0 Å². The Morgan fingerprint density at radius 3 is 3.00 bits per heavy atom. The van der Waals surface area contributed by atoms with Crippen molar-refractivity contribution in [2.75, 3.05) is 39.6 Å². The zero-order chi connectivity index (χ0) is 12.0. The molecule has 0 aliphatic carbocycles. The van der Waals surface area contributed by atoms with Crippen molar-refractivity contribution in [3.63, 3.8) is 0 Å². The fourth-order valence-electron chi connectivity index (χ4n) is 1.08. The van der Waals surface area contributed by atoms with Gasteiger partial charge >= 0.3 is 5.97 Å². The highest BCUT2D eigenvalue weighted by Gasteiger charge is 2.07. The third-order valence-electron chi connectivity index (χ3n) is 1.94. The molecule has 6 heteroatoms. The number of carbonyl (C=O) groups excluding carboxylic acids is 1. The molecule has 0 saturated heterocycles. The van der Waals surface area contributed by atoms with Crippen molar-refractivity contribution in [3.05, 3.63) is 11.1 Å². The van der Waals surface area contributed by atoms with Gasteiger partial charge < -0.3 is 15.0 Å². The maximum absolute atomic E-state index is 11.0. The topological polar surface area (TPSA) is 54.5 Å². The number of aromatic nitrogens is 1. The number of thiazole rings is 1. The summed E-state index contributed by atoms with van der Waals surface area (Å²) in [6.07, 6.45) is 0.238. The summed E-state index contributed by atoms with van der Waals surface area (Å²) in [5.41, 5.74) is 0.754. The molecule has 0 atom stereocenters. The maximum Gasteiger partial charge on any atom is 0.311 e. The lowest BCUT2D eigenvalue weighted by Gasteiger charge is -2.08. The van der Waals surface area contributed by atoms with E-state index < -0.39 is 0 Å². The van der Waals surface area contributed by atoms with Crippen molar-refractivity contribution in [2.45, 2.75) is 6.42 Å². The highest BCUT2D eigenvalue weighted by molar-refractivity contribution is 7.13. The number of nitrogens with one attached hydrogen (secondary N) is 1. The Morgan fingerprint density at radius 2 is 2.38 bits per heavy atom. The van der Waals surface area contributed by atoms with Crippen LogP contribution >= 0.6 is 11.3 Å². The number of carbonyl (C=O) groups is 1. The average Bonchev–Trinajstić information content (AvgIpc) is 2.65. The van der Waals surface area contributed by atoms with Gasteiger partial charge in [-0.1, -0.05) is 0 Å². The minimum Gasteiger partial charge on any atom is -0.469 e. The van der Waals surface area contributed by atoms with Crippen LogP contribution in [-0.4, -0.2) is 50.1 Å². The summed E-state index contributed by atoms with van der Waals surface area (Å²) >= 11 is 1.51. The summed E-state index contributed by atoms with van der Waals surface area (Å²) in [6.45, 7) is 1.80. The fraction of sp³-hybridized carbons (Fsp3) is 0.600. The van der Waals surface area contributed by atoms with E-state index in [9.17, 15) is 4.79 Å². The summed E-state index contributed by atoms with van der Waals surface area (Å²) in [6, 6.07) is 0. The van der Waals surface area contributed by atoms with Gasteiger partial charge in [-0.15, -0.1) is 11.3 Å². The number of methoxy groups -OCH3 is 1. The minimum absolute atomic E-state index is 0.238. The first-order valence-corrected chi connectivity index (χ1v) is 5.89. The van der Waals surface area contributed by atoms with Crippen LogP contribution in [0.2, 0.25) is 0 Å². The predicted molar refractivity (Wildman–Crippen MR) is 64.9 cm³/mol. The Labute approximate surface area is 99.4 Å². The van der Waals surface area contributed by atoms with Gasteiger partial charge in [-0.3, -0.25) is 4.79 Å². The smallest absolute Gasteiger partial charge is 0.311 e. The van der Waals surface area contributed by atoms with E-state index >= 15 is 0 Å². The number of nitrogens with zero attached hydrogens (tertiary/aromatic N) is 2. The lowest BCUT2D eigenvalue weighted by Crippen LogP contribution is -2.20. The van der Waals surface area contributed by atoms with E-state index in [1.807, 2.05) is 19.5 Å². The van der Waals surface area contributed by atoms with Crippen LogP contribution in [0.3, 0.4) is 0 Å². The molecule has 0 saturated carbocycles. The van der Waals surface area contributed by atoms with E-state index in [0.29, 0.717) is 0 Å². The first-order valence-electron chi connectivity index (χ1n) is 5.01. The molecule has 0 aromatic carbocycles. The van der Waals surface area contributed by atoms with Gasteiger partial charge in [0.1, 0.15) is 0 Å². The summed E-state index contributed by atoms with van der Waals surface area (Å²) in [4.78, 5) is 17.4. The van der Waals surface area contributed by atoms with E-state index in [1.165, 1.54) is 18.4 Å². The van der Waals surface area contributed by atoms with Gasteiger partial charge in [0, 0.05) is 18.5 Å². The molecular formula is C10H17N3O2S. The molecule has 16 heavy (non-hydrogen) atoms. The number of rotatable bonds is 6. The molecule has 0 unspecified atom stereocenters. The third-order valence-corrected chi connectivity index (χ3v) is 2.79. The molecular weight excluding hydrogens is 226 g/mol. The average molecular weight is 243 g/mol. The van der Waals surface area contributed by atoms with Crippen molar-refractivity contribution >= 4 is 22.4 Å². The number of hydrogen-bond donors (Lipinski definition) is 1. The van der Waals surface area contributed by atoms with Gasteiger partial charge in [-0.25, -0.2) is 4.98 Å². The predicted octanol–water partition coefficient (Wildman–Crippen LogP) is 0.832. The Hall–Kier alpha value is -1.14. The molecule has 0 radical (unpaired) electrons. The van der Waals surface area contributed by atoms with Crippen LogP contribution < -0.4 is 5.32 Å². The Kier molecular flexibility index (Phi) is 5.21. The Bertz CT molecular complexity index is 339.